The van der Waals surface area contributed by atoms with E-state index >= 15 is 0 Å². The fourth-order valence-electron chi connectivity index (χ4n) is 5.56. The van der Waals surface area contributed by atoms with Crippen LogP contribution in [0.3, 0.4) is 0 Å². The standard InChI is InChI=1S/C38H68O12S/c1-3-5-7-9-10-11-12-13-14-15-16-17-18-19-20-21-22-23-24-26-28-46-30-32(48-34(40)27-25-8-6-4-2)31-47-38-36(42)37(50-51(43,44)45)35(41)33(29-39)49-38/h10-11,13-14,16-17,32-33,35-39,41-42H,3-9,12,15,18-31H2,1-2H3,(H,43,44,45)/b11-10-,14-13-,17-16-. The van der Waals surface area contributed by atoms with Gasteiger partial charge in [0, 0.05) is 13.0 Å². The van der Waals surface area contributed by atoms with Crippen molar-refractivity contribution < 1.29 is 56.2 Å². The predicted octanol–water partition coefficient (Wildman–Crippen LogP) is 6.68. The number of esters is 1. The summed E-state index contributed by atoms with van der Waals surface area (Å²) in [5, 5.41) is 30.4. The summed E-state index contributed by atoms with van der Waals surface area (Å²) in [4.78, 5) is 12.5. The van der Waals surface area contributed by atoms with Crippen LogP contribution in [-0.2, 0) is 38.3 Å². The summed E-state index contributed by atoms with van der Waals surface area (Å²) in [5.74, 6) is -0.423. The van der Waals surface area contributed by atoms with Crippen molar-refractivity contribution in [3.63, 3.8) is 0 Å². The summed E-state index contributed by atoms with van der Waals surface area (Å²) in [6, 6.07) is 0. The smallest absolute Gasteiger partial charge is 0.397 e. The number of hydrogen-bond donors (Lipinski definition) is 4. The van der Waals surface area contributed by atoms with Gasteiger partial charge in [0.2, 0.25) is 0 Å². The Morgan fingerprint density at radius 1 is 0.745 bits per heavy atom. The molecule has 13 heteroatoms. The average molecular weight is 749 g/mol. The Labute approximate surface area is 307 Å². The summed E-state index contributed by atoms with van der Waals surface area (Å²) in [7, 11) is -5.05. The number of carbonyl (C=O) groups is 1. The fourth-order valence-corrected chi connectivity index (χ4v) is 6.07. The van der Waals surface area contributed by atoms with Crippen molar-refractivity contribution in [3.05, 3.63) is 36.5 Å². The summed E-state index contributed by atoms with van der Waals surface area (Å²) in [6.45, 7) is 3.77. The molecule has 0 radical (unpaired) electrons. The van der Waals surface area contributed by atoms with Crippen LogP contribution in [0.25, 0.3) is 0 Å². The molecule has 0 aliphatic carbocycles. The molecule has 1 aliphatic heterocycles. The van der Waals surface area contributed by atoms with E-state index in [1.807, 2.05) is 0 Å². The van der Waals surface area contributed by atoms with Crippen LogP contribution in [0.4, 0.5) is 0 Å². The Morgan fingerprint density at radius 2 is 1.29 bits per heavy atom. The van der Waals surface area contributed by atoms with E-state index in [4.69, 9.17) is 23.5 Å². The first-order valence-corrected chi connectivity index (χ1v) is 20.6. The highest BCUT2D eigenvalue weighted by atomic mass is 32.3. The minimum absolute atomic E-state index is 0.0278. The maximum Gasteiger partial charge on any atom is 0.397 e. The number of rotatable bonds is 32. The Bertz CT molecular complexity index is 1050. The highest BCUT2D eigenvalue weighted by molar-refractivity contribution is 7.80. The maximum absolute atomic E-state index is 12.5. The number of carbonyl (C=O) groups excluding carboxylic acids is 1. The molecule has 298 valence electrons. The molecule has 6 unspecified atom stereocenters. The van der Waals surface area contributed by atoms with E-state index in [1.54, 1.807) is 0 Å². The number of ether oxygens (including phenoxy) is 4. The van der Waals surface area contributed by atoms with Gasteiger partial charge in [0.1, 0.15) is 30.5 Å². The molecule has 0 aromatic rings. The van der Waals surface area contributed by atoms with Crippen molar-refractivity contribution in [2.24, 2.45) is 0 Å². The second-order valence-electron chi connectivity index (χ2n) is 13.2. The molecule has 6 atom stereocenters. The van der Waals surface area contributed by atoms with E-state index < -0.39 is 59.8 Å². The zero-order chi connectivity index (χ0) is 37.6. The predicted molar refractivity (Wildman–Crippen MR) is 197 cm³/mol. The first-order chi connectivity index (χ1) is 24.6. The minimum atomic E-state index is -5.05. The SMILES string of the molecule is CCCCC/C=C\C/C=C\C/C=C\CCCCCCCCCOCC(COC1OC(CO)C(O)C(OS(=O)(=O)O)C1O)OC(=O)CCCCCC. The first kappa shape index (κ1) is 47.3. The van der Waals surface area contributed by atoms with Gasteiger partial charge in [0.05, 0.1) is 19.8 Å². The van der Waals surface area contributed by atoms with Gasteiger partial charge in [-0.05, 0) is 51.4 Å². The van der Waals surface area contributed by atoms with Crippen molar-refractivity contribution in [1.29, 1.82) is 0 Å². The molecule has 0 aromatic heterocycles. The molecular formula is C38H68O12S. The van der Waals surface area contributed by atoms with Crippen LogP contribution in [0.15, 0.2) is 36.5 Å². The summed E-state index contributed by atoms with van der Waals surface area (Å²) in [6.07, 6.45) is 24.0. The first-order valence-electron chi connectivity index (χ1n) is 19.2. The lowest BCUT2D eigenvalue weighted by molar-refractivity contribution is -0.301. The van der Waals surface area contributed by atoms with Gasteiger partial charge in [-0.1, -0.05) is 115 Å². The van der Waals surface area contributed by atoms with Crippen LogP contribution in [-0.4, -0.2) is 97.5 Å². The molecule has 0 bridgehead atoms. The zero-order valence-electron chi connectivity index (χ0n) is 31.2. The zero-order valence-corrected chi connectivity index (χ0v) is 32.0. The highest BCUT2D eigenvalue weighted by Crippen LogP contribution is 2.26. The van der Waals surface area contributed by atoms with Gasteiger partial charge in [-0.3, -0.25) is 9.35 Å². The Morgan fingerprint density at radius 3 is 1.90 bits per heavy atom. The normalized spacial score (nSPS) is 22.0. The lowest BCUT2D eigenvalue weighted by Gasteiger charge is -2.41. The fraction of sp³-hybridized carbons (Fsp3) is 0.816. The number of aliphatic hydroxyl groups excluding tert-OH is 3. The van der Waals surface area contributed by atoms with Crippen molar-refractivity contribution >= 4 is 16.4 Å². The molecule has 1 fully saturated rings. The van der Waals surface area contributed by atoms with Gasteiger partial charge >= 0.3 is 16.4 Å². The average Bonchev–Trinajstić information content (AvgIpc) is 3.09. The Balaban J connectivity index is 2.34. The molecule has 4 N–H and O–H groups in total. The van der Waals surface area contributed by atoms with Crippen LogP contribution < -0.4 is 0 Å². The van der Waals surface area contributed by atoms with Gasteiger partial charge in [0.25, 0.3) is 0 Å². The molecule has 0 aromatic carbocycles. The van der Waals surface area contributed by atoms with E-state index in [1.165, 1.54) is 51.4 Å². The molecule has 1 rings (SSSR count). The van der Waals surface area contributed by atoms with Crippen LogP contribution in [0.1, 0.15) is 136 Å². The van der Waals surface area contributed by atoms with Crippen molar-refractivity contribution in [2.75, 3.05) is 26.4 Å². The minimum Gasteiger partial charge on any atom is -0.457 e. The van der Waals surface area contributed by atoms with E-state index in [0.717, 1.165) is 57.8 Å². The van der Waals surface area contributed by atoms with Gasteiger partial charge < -0.3 is 34.3 Å². The lowest BCUT2D eigenvalue weighted by atomic mass is 9.99. The summed E-state index contributed by atoms with van der Waals surface area (Å²) in [5.41, 5.74) is 0. The molecule has 12 nitrogen and oxygen atoms in total. The third-order valence-corrected chi connectivity index (χ3v) is 8.98. The molecule has 1 aliphatic rings. The van der Waals surface area contributed by atoms with E-state index in [-0.39, 0.29) is 19.6 Å². The van der Waals surface area contributed by atoms with E-state index in [2.05, 4.69) is 54.5 Å². The number of unbranched alkanes of at least 4 members (excludes halogenated alkanes) is 13. The molecule has 0 amide bonds. The lowest BCUT2D eigenvalue weighted by Crippen LogP contribution is -2.60. The number of aliphatic hydroxyl groups is 3. The summed E-state index contributed by atoms with van der Waals surface area (Å²) >= 11 is 0. The Hall–Kier alpha value is -1.68. The van der Waals surface area contributed by atoms with Gasteiger partial charge in [-0.25, -0.2) is 4.18 Å². The Kier molecular flexibility index (Phi) is 28.5. The van der Waals surface area contributed by atoms with Crippen molar-refractivity contribution in [1.82, 2.24) is 0 Å². The molecule has 1 heterocycles. The molecule has 51 heavy (non-hydrogen) atoms. The monoisotopic (exact) mass is 748 g/mol. The van der Waals surface area contributed by atoms with Crippen LogP contribution in [0.5, 0.6) is 0 Å². The largest absolute Gasteiger partial charge is 0.457 e. The highest BCUT2D eigenvalue weighted by Gasteiger charge is 2.48. The third kappa shape index (κ3) is 25.1. The topological polar surface area (TPSA) is 178 Å². The molecular weight excluding hydrogens is 680 g/mol. The van der Waals surface area contributed by atoms with Crippen molar-refractivity contribution in [2.45, 2.75) is 173 Å². The maximum atomic E-state index is 12.5. The van der Waals surface area contributed by atoms with Crippen LogP contribution >= 0.6 is 0 Å². The second-order valence-corrected chi connectivity index (χ2v) is 14.2. The molecule has 0 spiro atoms. The molecule has 0 saturated carbocycles. The van der Waals surface area contributed by atoms with Gasteiger partial charge in [-0.2, -0.15) is 8.42 Å². The van der Waals surface area contributed by atoms with Crippen LogP contribution in [0, 0.1) is 0 Å². The van der Waals surface area contributed by atoms with E-state index in [9.17, 15) is 28.5 Å². The van der Waals surface area contributed by atoms with Crippen LogP contribution in [0.2, 0.25) is 0 Å². The molecule has 1 saturated heterocycles. The van der Waals surface area contributed by atoms with Crippen molar-refractivity contribution in [3.8, 4) is 0 Å². The summed E-state index contributed by atoms with van der Waals surface area (Å²) < 4.78 is 58.4. The van der Waals surface area contributed by atoms with E-state index in [0.29, 0.717) is 13.0 Å². The third-order valence-electron chi connectivity index (χ3n) is 8.52. The number of hydrogen-bond acceptors (Lipinski definition) is 11. The van der Waals surface area contributed by atoms with Gasteiger partial charge in [0.15, 0.2) is 6.29 Å². The quantitative estimate of drug-likeness (QED) is 0.0249. The van der Waals surface area contributed by atoms with Gasteiger partial charge in [-0.15, -0.1) is 0 Å². The second kappa shape index (κ2) is 30.7. The number of allylic oxidation sites excluding steroid dienone is 6.